The van der Waals surface area contributed by atoms with Gasteiger partial charge in [0.05, 0.1) is 0 Å². The van der Waals surface area contributed by atoms with E-state index >= 15 is 0 Å². The van der Waals surface area contributed by atoms with Crippen LogP contribution in [0, 0.1) is 51.2 Å². The summed E-state index contributed by atoms with van der Waals surface area (Å²) in [6, 6.07) is 0. The molecule has 0 spiro atoms. The van der Waals surface area contributed by atoms with E-state index in [1.165, 1.54) is 24.8 Å². The van der Waals surface area contributed by atoms with E-state index in [0.29, 0.717) is 42.0 Å². The number of allylic oxidation sites excluding steroid dienone is 1. The first-order valence-corrected chi connectivity index (χ1v) is 13.5. The molecule has 0 aromatic heterocycles. The Morgan fingerprint density at radius 1 is 1.00 bits per heavy atom. The minimum atomic E-state index is -0.206. The highest BCUT2D eigenvalue weighted by molar-refractivity contribution is 5.85. The van der Waals surface area contributed by atoms with E-state index in [2.05, 4.69) is 41.2 Å². The standard InChI is InChI=1S/C29H47NO2/c1-18(2)19-9-14-28(17-31)15-16-29(30)20(24(19)28)7-8-22-26(5)12-11-23(32)25(3,4)21(26)10-13-27(22,29)6/h19-22,24,31H,1,7-17,30H2,2-6H3/t19?,20-,21+,22-,24-,26+,27-,28?,29+/m1/s1. The van der Waals surface area contributed by atoms with E-state index < -0.39 is 0 Å². The van der Waals surface area contributed by atoms with Crippen molar-refractivity contribution in [2.75, 3.05) is 6.61 Å². The van der Waals surface area contributed by atoms with Crippen molar-refractivity contribution >= 4 is 5.78 Å². The van der Waals surface area contributed by atoms with Crippen molar-refractivity contribution in [2.45, 2.75) is 104 Å². The average molecular weight is 442 g/mol. The van der Waals surface area contributed by atoms with Crippen LogP contribution in [0.5, 0.6) is 0 Å². The quantitative estimate of drug-likeness (QED) is 0.525. The van der Waals surface area contributed by atoms with Crippen LogP contribution >= 0.6 is 0 Å². The molecule has 3 nitrogen and oxygen atoms in total. The lowest BCUT2D eigenvalue weighted by Crippen LogP contribution is -2.73. The second kappa shape index (κ2) is 6.94. The smallest absolute Gasteiger partial charge is 0.138 e. The van der Waals surface area contributed by atoms with Crippen molar-refractivity contribution < 1.29 is 9.90 Å². The molecule has 5 aliphatic rings. The molecular formula is C29H47NO2. The van der Waals surface area contributed by atoms with E-state index in [-0.39, 0.29) is 27.2 Å². The summed E-state index contributed by atoms with van der Waals surface area (Å²) in [5.74, 6) is 3.01. The van der Waals surface area contributed by atoms with Gasteiger partial charge < -0.3 is 10.8 Å². The highest BCUT2D eigenvalue weighted by Gasteiger charge is 2.71. The Bertz CT molecular complexity index is 833. The Kier molecular flexibility index (Phi) is 5.01. The molecule has 5 saturated carbocycles. The number of carbonyl (C=O) groups is 1. The van der Waals surface area contributed by atoms with E-state index in [0.717, 1.165) is 44.9 Å². The molecule has 0 radical (unpaired) electrons. The van der Waals surface area contributed by atoms with Gasteiger partial charge in [-0.15, -0.1) is 0 Å². The molecule has 0 saturated heterocycles. The number of hydrogen-bond acceptors (Lipinski definition) is 3. The summed E-state index contributed by atoms with van der Waals surface area (Å²) in [5.41, 5.74) is 8.98. The molecule has 0 aromatic rings. The highest BCUT2D eigenvalue weighted by Crippen LogP contribution is 2.73. The lowest BCUT2D eigenvalue weighted by atomic mass is 9.34. The largest absolute Gasteiger partial charge is 0.396 e. The number of aliphatic hydroxyl groups is 1. The Balaban J connectivity index is 1.56. The molecule has 0 aliphatic heterocycles. The van der Waals surface area contributed by atoms with Crippen LogP contribution in [0.25, 0.3) is 0 Å². The van der Waals surface area contributed by atoms with Crippen LogP contribution in [0.15, 0.2) is 12.2 Å². The van der Waals surface area contributed by atoms with Crippen molar-refractivity contribution in [2.24, 2.45) is 57.0 Å². The van der Waals surface area contributed by atoms with Crippen molar-refractivity contribution in [1.82, 2.24) is 0 Å². The first kappa shape index (κ1) is 23.1. The number of hydrogen-bond donors (Lipinski definition) is 2. The fraction of sp³-hybridized carbons (Fsp3) is 0.897. The molecule has 5 aliphatic carbocycles. The summed E-state index contributed by atoms with van der Waals surface area (Å²) >= 11 is 0. The maximum absolute atomic E-state index is 12.9. The summed E-state index contributed by atoms with van der Waals surface area (Å²) in [6.07, 6.45) is 10.9. The van der Waals surface area contributed by atoms with Crippen molar-refractivity contribution in [3.8, 4) is 0 Å². The van der Waals surface area contributed by atoms with Gasteiger partial charge in [0.2, 0.25) is 0 Å². The molecule has 180 valence electrons. The second-order valence-electron chi connectivity index (χ2n) is 14.0. The number of nitrogens with two attached hydrogens (primary N) is 1. The number of carbonyl (C=O) groups excluding carboxylic acids is 1. The number of Topliss-reactive ketones (excluding diaryl/α,β-unsaturated/α-hetero) is 1. The normalized spacial score (nSPS) is 54.2. The number of ketones is 1. The molecule has 0 aromatic carbocycles. The van der Waals surface area contributed by atoms with Crippen molar-refractivity contribution in [3.63, 3.8) is 0 Å². The molecule has 3 N–H and O–H groups in total. The first-order chi connectivity index (χ1) is 14.9. The second-order valence-corrected chi connectivity index (χ2v) is 14.0. The monoisotopic (exact) mass is 441 g/mol. The van der Waals surface area contributed by atoms with Gasteiger partial charge in [-0.25, -0.2) is 0 Å². The predicted octanol–water partition coefficient (Wildman–Crippen LogP) is 5.90. The first-order valence-electron chi connectivity index (χ1n) is 13.5. The van der Waals surface area contributed by atoms with E-state index in [4.69, 9.17) is 5.73 Å². The van der Waals surface area contributed by atoms with Gasteiger partial charge in [-0.2, -0.15) is 0 Å². The molecule has 3 heteroatoms. The molecule has 5 rings (SSSR count). The van der Waals surface area contributed by atoms with Gasteiger partial charge in [0.15, 0.2) is 0 Å². The SMILES string of the molecule is C=C(C)C1CCC2(CO)CC[C@]3(N)[C@H](CC[C@@H]4[C@@]5(C)CCC(=O)C(C)(C)[C@@H]5CC[C@]43C)[C@@H]12. The average Bonchev–Trinajstić information content (AvgIpc) is 3.12. The zero-order valence-electron chi connectivity index (χ0n) is 21.3. The molecule has 9 atom stereocenters. The van der Waals surface area contributed by atoms with Gasteiger partial charge >= 0.3 is 0 Å². The van der Waals surface area contributed by atoms with Gasteiger partial charge in [0, 0.05) is 24.0 Å². The zero-order chi connectivity index (χ0) is 23.3. The Morgan fingerprint density at radius 2 is 1.72 bits per heavy atom. The van der Waals surface area contributed by atoms with E-state index in [9.17, 15) is 9.90 Å². The zero-order valence-corrected chi connectivity index (χ0v) is 21.3. The van der Waals surface area contributed by atoms with Gasteiger partial charge in [0.25, 0.3) is 0 Å². The minimum absolute atomic E-state index is 0.0563. The number of fused-ring (bicyclic) bond motifs is 7. The fourth-order valence-electron chi connectivity index (χ4n) is 11.0. The van der Waals surface area contributed by atoms with Crippen LogP contribution in [0.4, 0.5) is 0 Å². The third-order valence-electron chi connectivity index (χ3n) is 12.8. The molecule has 32 heavy (non-hydrogen) atoms. The van der Waals surface area contributed by atoms with Gasteiger partial charge in [0.1, 0.15) is 5.78 Å². The van der Waals surface area contributed by atoms with Gasteiger partial charge in [-0.3, -0.25) is 4.79 Å². The van der Waals surface area contributed by atoms with Gasteiger partial charge in [-0.1, -0.05) is 39.8 Å². The van der Waals surface area contributed by atoms with Crippen LogP contribution < -0.4 is 5.73 Å². The third-order valence-corrected chi connectivity index (χ3v) is 12.8. The van der Waals surface area contributed by atoms with Crippen LogP contribution in [0.2, 0.25) is 0 Å². The Labute approximate surface area is 196 Å². The summed E-state index contributed by atoms with van der Waals surface area (Å²) in [6.45, 7) is 16.4. The molecule has 0 heterocycles. The summed E-state index contributed by atoms with van der Waals surface area (Å²) in [7, 11) is 0. The minimum Gasteiger partial charge on any atom is -0.396 e. The molecule has 2 unspecified atom stereocenters. The lowest BCUT2D eigenvalue weighted by molar-refractivity contribution is -0.208. The van der Waals surface area contributed by atoms with Crippen LogP contribution in [0.3, 0.4) is 0 Å². The summed E-state index contributed by atoms with van der Waals surface area (Å²) in [5, 5.41) is 10.6. The summed E-state index contributed by atoms with van der Waals surface area (Å²) in [4.78, 5) is 12.9. The van der Waals surface area contributed by atoms with Crippen LogP contribution in [0.1, 0.15) is 98.8 Å². The maximum Gasteiger partial charge on any atom is 0.138 e. The highest BCUT2D eigenvalue weighted by atomic mass is 16.3. The van der Waals surface area contributed by atoms with Crippen molar-refractivity contribution in [1.29, 1.82) is 0 Å². The van der Waals surface area contributed by atoms with E-state index in [1.807, 2.05) is 0 Å². The van der Waals surface area contributed by atoms with Crippen LogP contribution in [-0.4, -0.2) is 23.0 Å². The third kappa shape index (κ3) is 2.59. The lowest BCUT2D eigenvalue weighted by Gasteiger charge is -2.72. The Hall–Kier alpha value is -0.670. The van der Waals surface area contributed by atoms with E-state index in [1.54, 1.807) is 0 Å². The molecular weight excluding hydrogens is 394 g/mol. The fourth-order valence-corrected chi connectivity index (χ4v) is 11.0. The van der Waals surface area contributed by atoms with Crippen molar-refractivity contribution in [3.05, 3.63) is 12.2 Å². The number of aliphatic hydroxyl groups excluding tert-OH is 1. The number of rotatable bonds is 2. The van der Waals surface area contributed by atoms with Gasteiger partial charge in [-0.05, 0) is 111 Å². The van der Waals surface area contributed by atoms with Crippen LogP contribution in [-0.2, 0) is 4.79 Å². The topological polar surface area (TPSA) is 63.3 Å². The predicted molar refractivity (Wildman–Crippen MR) is 130 cm³/mol. The molecule has 5 fully saturated rings. The Morgan fingerprint density at radius 3 is 2.38 bits per heavy atom. The molecule has 0 bridgehead atoms. The molecule has 0 amide bonds. The maximum atomic E-state index is 12.9. The summed E-state index contributed by atoms with van der Waals surface area (Å²) < 4.78 is 0.